The van der Waals surface area contributed by atoms with E-state index in [0.717, 1.165) is 5.56 Å². The molecule has 0 saturated heterocycles. The van der Waals surface area contributed by atoms with Crippen LogP contribution in [-0.2, 0) is 0 Å². The molecule has 1 N–H and O–H groups in total. The first-order chi connectivity index (χ1) is 11.6. The normalized spacial score (nSPS) is 10.8. The van der Waals surface area contributed by atoms with Crippen LogP contribution < -0.4 is 5.32 Å². The molecule has 0 unspecified atom stereocenters. The topological polar surface area (TPSA) is 68.0 Å². The van der Waals surface area contributed by atoms with Gasteiger partial charge in [-0.1, -0.05) is 50.2 Å². The molecule has 0 aliphatic rings. The summed E-state index contributed by atoms with van der Waals surface area (Å²) in [5.41, 5.74) is 2.27. The monoisotopic (exact) mass is 325 g/mol. The molecule has 1 heterocycles. The average molecular weight is 325 g/mol. The molecule has 1 amide bonds. The lowest BCUT2D eigenvalue weighted by atomic mass is 10.0. The van der Waals surface area contributed by atoms with E-state index in [1.54, 1.807) is 6.07 Å². The van der Waals surface area contributed by atoms with Gasteiger partial charge in [-0.25, -0.2) is 9.02 Å². The molecule has 1 aromatic heterocycles. The molecule has 122 valence electrons. The van der Waals surface area contributed by atoms with E-state index in [2.05, 4.69) is 29.5 Å². The maximum Gasteiger partial charge on any atom is 0.259 e. The molecule has 0 fully saturated rings. The van der Waals surface area contributed by atoms with Gasteiger partial charge < -0.3 is 5.32 Å². The molecular formula is C18H16FN3O2. The molecule has 0 spiro atoms. The Bertz CT molecular complexity index is 857. The van der Waals surface area contributed by atoms with E-state index in [1.165, 1.54) is 23.8 Å². The van der Waals surface area contributed by atoms with E-state index in [1.807, 2.05) is 24.3 Å². The minimum atomic E-state index is -0.608. The Balaban J connectivity index is 1.85. The van der Waals surface area contributed by atoms with Crippen LogP contribution in [0.1, 0.15) is 35.7 Å². The van der Waals surface area contributed by atoms with Crippen molar-refractivity contribution in [3.8, 4) is 11.3 Å². The third-order valence-corrected chi connectivity index (χ3v) is 3.69. The molecule has 5 nitrogen and oxygen atoms in total. The van der Waals surface area contributed by atoms with Gasteiger partial charge in [0.1, 0.15) is 5.82 Å². The summed E-state index contributed by atoms with van der Waals surface area (Å²) in [5, 5.41) is 10.1. The summed E-state index contributed by atoms with van der Waals surface area (Å²) in [5.74, 6) is -0.645. The number of amides is 1. The van der Waals surface area contributed by atoms with Crippen molar-refractivity contribution in [2.75, 3.05) is 5.32 Å². The first kappa shape index (κ1) is 15.9. The summed E-state index contributed by atoms with van der Waals surface area (Å²) in [7, 11) is 0. The molecule has 24 heavy (non-hydrogen) atoms. The van der Waals surface area contributed by atoms with Gasteiger partial charge in [0.25, 0.3) is 5.91 Å². The number of hydrogen-bond acceptors (Lipinski definition) is 4. The van der Waals surface area contributed by atoms with Crippen LogP contribution in [-0.4, -0.2) is 16.2 Å². The predicted octanol–water partition coefficient (Wildman–Crippen LogP) is 4.25. The maximum atomic E-state index is 13.7. The molecule has 0 radical (unpaired) electrons. The van der Waals surface area contributed by atoms with Gasteiger partial charge in [-0.3, -0.25) is 4.79 Å². The first-order valence-electron chi connectivity index (χ1n) is 7.55. The SMILES string of the molecule is CC(C)c1ccc(-c2nonc2NC(=O)c2ccccc2F)cc1. The second-order valence-corrected chi connectivity index (χ2v) is 5.67. The van der Waals surface area contributed by atoms with Crippen molar-refractivity contribution >= 4 is 11.7 Å². The highest BCUT2D eigenvalue weighted by molar-refractivity contribution is 6.05. The van der Waals surface area contributed by atoms with Crippen molar-refractivity contribution < 1.29 is 13.8 Å². The average Bonchev–Trinajstić information content (AvgIpc) is 3.03. The number of rotatable bonds is 4. The quantitative estimate of drug-likeness (QED) is 0.778. The van der Waals surface area contributed by atoms with Gasteiger partial charge >= 0.3 is 0 Å². The number of benzene rings is 2. The summed E-state index contributed by atoms with van der Waals surface area (Å²) in [4.78, 5) is 12.2. The lowest BCUT2D eigenvalue weighted by Gasteiger charge is -2.07. The summed E-state index contributed by atoms with van der Waals surface area (Å²) < 4.78 is 18.4. The van der Waals surface area contributed by atoms with Crippen LogP contribution in [0.15, 0.2) is 53.2 Å². The number of nitrogens with zero attached hydrogens (tertiary/aromatic N) is 2. The van der Waals surface area contributed by atoms with Crippen LogP contribution in [0.3, 0.4) is 0 Å². The number of halogens is 1. The van der Waals surface area contributed by atoms with Gasteiger partial charge in [-0.05, 0) is 33.9 Å². The minimum Gasteiger partial charge on any atom is -0.302 e. The van der Waals surface area contributed by atoms with E-state index < -0.39 is 11.7 Å². The zero-order chi connectivity index (χ0) is 17.1. The standard InChI is InChI=1S/C18H16FN3O2/c1-11(2)12-7-9-13(10-8-12)16-17(22-24-21-16)20-18(23)14-5-3-4-6-15(14)19/h3-11H,1-2H3,(H,20,22,23). The second kappa shape index (κ2) is 6.62. The fourth-order valence-corrected chi connectivity index (χ4v) is 2.31. The highest BCUT2D eigenvalue weighted by Gasteiger charge is 2.18. The zero-order valence-corrected chi connectivity index (χ0v) is 13.3. The molecule has 0 saturated carbocycles. The van der Waals surface area contributed by atoms with Crippen molar-refractivity contribution in [3.63, 3.8) is 0 Å². The van der Waals surface area contributed by atoms with Crippen molar-refractivity contribution in [1.29, 1.82) is 0 Å². The van der Waals surface area contributed by atoms with Gasteiger partial charge in [0.2, 0.25) is 5.82 Å². The minimum absolute atomic E-state index is 0.0680. The number of anilines is 1. The lowest BCUT2D eigenvalue weighted by molar-refractivity contribution is 0.102. The number of nitrogens with one attached hydrogen (secondary N) is 1. The van der Waals surface area contributed by atoms with Crippen molar-refractivity contribution in [2.45, 2.75) is 19.8 Å². The molecule has 0 aliphatic carbocycles. The molecule has 0 atom stereocenters. The molecule has 3 rings (SSSR count). The van der Waals surface area contributed by atoms with Gasteiger partial charge in [0.15, 0.2) is 5.69 Å². The van der Waals surface area contributed by atoms with Crippen molar-refractivity contribution in [2.24, 2.45) is 0 Å². The van der Waals surface area contributed by atoms with Crippen LogP contribution in [0.5, 0.6) is 0 Å². The second-order valence-electron chi connectivity index (χ2n) is 5.67. The van der Waals surface area contributed by atoms with Crippen LogP contribution >= 0.6 is 0 Å². The Morgan fingerprint density at radius 1 is 1.08 bits per heavy atom. The highest BCUT2D eigenvalue weighted by Crippen LogP contribution is 2.26. The Hall–Kier alpha value is -3.02. The van der Waals surface area contributed by atoms with Gasteiger partial charge in [-0.15, -0.1) is 0 Å². The fraction of sp³-hybridized carbons (Fsp3) is 0.167. The molecule has 6 heteroatoms. The smallest absolute Gasteiger partial charge is 0.259 e. The summed E-state index contributed by atoms with van der Waals surface area (Å²) in [6.07, 6.45) is 0. The van der Waals surface area contributed by atoms with Gasteiger partial charge in [-0.2, -0.15) is 0 Å². The van der Waals surface area contributed by atoms with E-state index in [9.17, 15) is 9.18 Å². The van der Waals surface area contributed by atoms with E-state index in [4.69, 9.17) is 4.63 Å². The molecular weight excluding hydrogens is 309 g/mol. The number of aromatic nitrogens is 2. The zero-order valence-electron chi connectivity index (χ0n) is 13.3. The number of carbonyl (C=O) groups is 1. The largest absolute Gasteiger partial charge is 0.302 e. The number of hydrogen-bond donors (Lipinski definition) is 1. The third kappa shape index (κ3) is 3.17. The Morgan fingerprint density at radius 3 is 2.46 bits per heavy atom. The van der Waals surface area contributed by atoms with Crippen LogP contribution in [0, 0.1) is 5.82 Å². The summed E-state index contributed by atoms with van der Waals surface area (Å²) in [6, 6.07) is 13.5. The third-order valence-electron chi connectivity index (χ3n) is 3.69. The van der Waals surface area contributed by atoms with Gasteiger partial charge in [0, 0.05) is 5.56 Å². The molecule has 0 aliphatic heterocycles. The Kier molecular flexibility index (Phi) is 4.37. The van der Waals surface area contributed by atoms with E-state index >= 15 is 0 Å². The van der Waals surface area contributed by atoms with E-state index in [-0.39, 0.29) is 11.4 Å². The van der Waals surface area contributed by atoms with Crippen molar-refractivity contribution in [1.82, 2.24) is 10.3 Å². The molecule has 0 bridgehead atoms. The first-order valence-corrected chi connectivity index (χ1v) is 7.55. The van der Waals surface area contributed by atoms with Gasteiger partial charge in [0.05, 0.1) is 5.56 Å². The molecule has 2 aromatic carbocycles. The summed E-state index contributed by atoms with van der Waals surface area (Å²) in [6.45, 7) is 4.21. The Morgan fingerprint density at radius 2 is 1.79 bits per heavy atom. The fourth-order valence-electron chi connectivity index (χ4n) is 2.31. The highest BCUT2D eigenvalue weighted by atomic mass is 19.1. The maximum absolute atomic E-state index is 13.7. The summed E-state index contributed by atoms with van der Waals surface area (Å²) >= 11 is 0. The van der Waals surface area contributed by atoms with Crippen LogP contribution in [0.2, 0.25) is 0 Å². The van der Waals surface area contributed by atoms with Crippen LogP contribution in [0.25, 0.3) is 11.3 Å². The lowest BCUT2D eigenvalue weighted by Crippen LogP contribution is -2.14. The molecule has 3 aromatic rings. The van der Waals surface area contributed by atoms with Crippen LogP contribution in [0.4, 0.5) is 10.2 Å². The predicted molar refractivity (Wildman–Crippen MR) is 88.2 cm³/mol. The van der Waals surface area contributed by atoms with E-state index in [0.29, 0.717) is 11.6 Å². The Labute approximate surface area is 138 Å². The van der Waals surface area contributed by atoms with Crippen molar-refractivity contribution in [3.05, 3.63) is 65.5 Å². The number of carbonyl (C=O) groups excluding carboxylic acids is 1.